The molecule has 0 heterocycles. The molecule has 7 heteroatoms. The lowest BCUT2D eigenvalue weighted by molar-refractivity contribution is 0.103. The van der Waals surface area contributed by atoms with Crippen LogP contribution in [0.4, 0.5) is 4.79 Å². The highest BCUT2D eigenvalue weighted by atomic mass is 35.5. The van der Waals surface area contributed by atoms with Crippen LogP contribution in [0.15, 0.2) is 53.4 Å². The third-order valence-electron chi connectivity index (χ3n) is 2.99. The van der Waals surface area contributed by atoms with E-state index in [2.05, 4.69) is 24.4 Å². The molecule has 0 fully saturated rings. The summed E-state index contributed by atoms with van der Waals surface area (Å²) in [5.74, 6) is 4.66. The van der Waals surface area contributed by atoms with E-state index in [4.69, 9.17) is 11.6 Å². The lowest BCUT2D eigenvalue weighted by atomic mass is 10.0. The second-order valence-electron chi connectivity index (χ2n) is 5.39. The quantitative estimate of drug-likeness (QED) is 0.253. The van der Waals surface area contributed by atoms with E-state index in [1.54, 1.807) is 48.4 Å². The van der Waals surface area contributed by atoms with Gasteiger partial charge in [0.15, 0.2) is 5.78 Å². The van der Waals surface area contributed by atoms with Gasteiger partial charge in [0, 0.05) is 26.3 Å². The van der Waals surface area contributed by atoms with Gasteiger partial charge in [0.05, 0.1) is 6.61 Å². The molecule has 0 bridgehead atoms. The van der Waals surface area contributed by atoms with E-state index < -0.39 is 6.09 Å². The number of carbonyl (C=O) groups excluding carboxylic acids is 2. The van der Waals surface area contributed by atoms with Gasteiger partial charge in [0.1, 0.15) is 0 Å². The minimum absolute atomic E-state index is 0.0257. The fraction of sp³-hybridized carbons (Fsp3) is 0.263. The van der Waals surface area contributed by atoms with Gasteiger partial charge in [0.25, 0.3) is 0 Å². The van der Waals surface area contributed by atoms with Crippen molar-refractivity contribution in [3.05, 3.63) is 64.7 Å². The molecule has 0 saturated heterocycles. The zero-order valence-corrected chi connectivity index (χ0v) is 16.6. The van der Waals surface area contributed by atoms with Crippen LogP contribution in [0, 0.1) is 0 Å². The molecule has 0 saturated carbocycles. The maximum atomic E-state index is 12.2. The Morgan fingerprint density at radius 3 is 1.96 bits per heavy atom. The molecule has 0 aliphatic carbocycles. The molecular formula is C19H23ClN2O3S. The molecular weight excluding hydrogens is 372 g/mol. The SMILES string of the molecule is CC(C)Sc1ccc(C(=O)c2ccc(Cl)cc2)cc1.CCOC(=O)NN. The first-order valence-electron chi connectivity index (χ1n) is 8.07. The number of halogens is 1. The summed E-state index contributed by atoms with van der Waals surface area (Å²) in [4.78, 5) is 23.4. The van der Waals surface area contributed by atoms with E-state index in [0.29, 0.717) is 28.0 Å². The summed E-state index contributed by atoms with van der Waals surface area (Å²) in [6, 6.07) is 14.7. The average molecular weight is 395 g/mol. The maximum absolute atomic E-state index is 12.2. The van der Waals surface area contributed by atoms with Crippen LogP contribution >= 0.6 is 23.4 Å². The van der Waals surface area contributed by atoms with Crippen molar-refractivity contribution in [1.82, 2.24) is 5.43 Å². The van der Waals surface area contributed by atoms with E-state index in [9.17, 15) is 9.59 Å². The van der Waals surface area contributed by atoms with Crippen LogP contribution in [0.25, 0.3) is 0 Å². The molecule has 0 atom stereocenters. The summed E-state index contributed by atoms with van der Waals surface area (Å²) in [5.41, 5.74) is 3.17. The highest BCUT2D eigenvalue weighted by molar-refractivity contribution is 7.99. The van der Waals surface area contributed by atoms with Gasteiger partial charge in [-0.1, -0.05) is 25.4 Å². The van der Waals surface area contributed by atoms with Gasteiger partial charge < -0.3 is 4.74 Å². The average Bonchev–Trinajstić information content (AvgIpc) is 2.62. The van der Waals surface area contributed by atoms with Crippen molar-refractivity contribution >= 4 is 35.2 Å². The smallest absolute Gasteiger partial charge is 0.421 e. The second kappa shape index (κ2) is 11.6. The third kappa shape index (κ3) is 7.91. The van der Waals surface area contributed by atoms with Crippen molar-refractivity contribution in [2.24, 2.45) is 5.84 Å². The molecule has 26 heavy (non-hydrogen) atoms. The molecule has 0 aliphatic rings. The predicted octanol–water partition coefficient (Wildman–Crippen LogP) is 4.68. The Kier molecular flexibility index (Phi) is 9.80. The Hall–Kier alpha value is -2.02. The number of benzene rings is 2. The molecule has 1 amide bonds. The van der Waals surface area contributed by atoms with Crippen molar-refractivity contribution in [3.8, 4) is 0 Å². The van der Waals surface area contributed by atoms with Gasteiger partial charge in [-0.2, -0.15) is 0 Å². The van der Waals surface area contributed by atoms with Crippen molar-refractivity contribution in [1.29, 1.82) is 0 Å². The minimum atomic E-state index is -0.595. The van der Waals surface area contributed by atoms with E-state index >= 15 is 0 Å². The third-order valence-corrected chi connectivity index (χ3v) is 4.26. The highest BCUT2D eigenvalue weighted by Crippen LogP contribution is 2.23. The van der Waals surface area contributed by atoms with Crippen LogP contribution in [0.2, 0.25) is 5.02 Å². The fourth-order valence-electron chi connectivity index (χ4n) is 1.90. The molecule has 2 aromatic rings. The lowest BCUT2D eigenvalue weighted by Gasteiger charge is -2.06. The van der Waals surface area contributed by atoms with Gasteiger partial charge in [-0.15, -0.1) is 11.8 Å². The number of ketones is 1. The fourth-order valence-corrected chi connectivity index (χ4v) is 2.86. The zero-order valence-electron chi connectivity index (χ0n) is 15.0. The van der Waals surface area contributed by atoms with E-state index in [1.165, 1.54) is 4.90 Å². The van der Waals surface area contributed by atoms with Crippen molar-refractivity contribution in [3.63, 3.8) is 0 Å². The summed E-state index contributed by atoms with van der Waals surface area (Å²) in [6.07, 6.45) is -0.595. The summed E-state index contributed by atoms with van der Waals surface area (Å²) in [6.45, 7) is 6.35. The Morgan fingerprint density at radius 2 is 1.58 bits per heavy atom. The zero-order chi connectivity index (χ0) is 19.5. The minimum Gasteiger partial charge on any atom is -0.449 e. The summed E-state index contributed by atoms with van der Waals surface area (Å²) in [7, 11) is 0. The summed E-state index contributed by atoms with van der Waals surface area (Å²) in [5, 5.41) is 1.18. The first kappa shape index (κ1) is 22.0. The highest BCUT2D eigenvalue weighted by Gasteiger charge is 2.09. The second-order valence-corrected chi connectivity index (χ2v) is 7.48. The largest absolute Gasteiger partial charge is 0.449 e. The van der Waals surface area contributed by atoms with Gasteiger partial charge in [0.2, 0.25) is 0 Å². The van der Waals surface area contributed by atoms with Gasteiger partial charge in [-0.25, -0.2) is 10.6 Å². The topological polar surface area (TPSA) is 81.4 Å². The predicted molar refractivity (Wildman–Crippen MR) is 107 cm³/mol. The Balaban J connectivity index is 0.000000412. The first-order chi connectivity index (χ1) is 12.4. The van der Waals surface area contributed by atoms with Gasteiger partial charge >= 0.3 is 6.09 Å². The van der Waals surface area contributed by atoms with Crippen LogP contribution < -0.4 is 11.3 Å². The normalized spacial score (nSPS) is 9.92. The van der Waals surface area contributed by atoms with E-state index in [0.717, 1.165) is 0 Å². The Morgan fingerprint density at radius 1 is 1.08 bits per heavy atom. The number of rotatable bonds is 5. The number of thioether (sulfide) groups is 1. The number of ether oxygens (including phenoxy) is 1. The number of hydrazine groups is 1. The molecule has 0 aliphatic heterocycles. The van der Waals surface area contributed by atoms with Crippen LogP contribution in [0.1, 0.15) is 36.7 Å². The lowest BCUT2D eigenvalue weighted by Crippen LogP contribution is -2.30. The number of nitrogens with two attached hydrogens (primary N) is 1. The maximum Gasteiger partial charge on any atom is 0.421 e. The molecule has 0 radical (unpaired) electrons. The number of carbonyl (C=O) groups is 2. The summed E-state index contributed by atoms with van der Waals surface area (Å²) >= 11 is 7.61. The van der Waals surface area contributed by atoms with Crippen molar-refractivity contribution < 1.29 is 14.3 Å². The number of nitrogens with one attached hydrogen (secondary N) is 1. The standard InChI is InChI=1S/C16H15ClOS.C3H8N2O2/c1-11(2)19-15-9-5-13(6-10-15)16(18)12-3-7-14(17)8-4-12;1-2-7-3(6)5-4/h3-11H,1-2H3;2,4H2,1H3,(H,5,6). The van der Waals surface area contributed by atoms with E-state index in [1.807, 2.05) is 24.3 Å². The van der Waals surface area contributed by atoms with Crippen LogP contribution in [-0.4, -0.2) is 23.7 Å². The van der Waals surface area contributed by atoms with Crippen LogP contribution in [0.3, 0.4) is 0 Å². The molecule has 3 N–H and O–H groups in total. The van der Waals surface area contributed by atoms with Gasteiger partial charge in [-0.3, -0.25) is 10.2 Å². The Labute approximate surface area is 163 Å². The molecule has 0 spiro atoms. The molecule has 0 aromatic heterocycles. The van der Waals surface area contributed by atoms with Crippen LogP contribution in [0.5, 0.6) is 0 Å². The molecule has 2 rings (SSSR count). The monoisotopic (exact) mass is 394 g/mol. The molecule has 0 unspecified atom stereocenters. The van der Waals surface area contributed by atoms with Gasteiger partial charge in [-0.05, 0) is 55.5 Å². The first-order valence-corrected chi connectivity index (χ1v) is 9.33. The summed E-state index contributed by atoms with van der Waals surface area (Å²) < 4.78 is 4.32. The number of amides is 1. The van der Waals surface area contributed by atoms with Crippen molar-refractivity contribution in [2.75, 3.05) is 6.61 Å². The Bertz CT molecular complexity index is 704. The van der Waals surface area contributed by atoms with Crippen molar-refractivity contribution in [2.45, 2.75) is 30.9 Å². The molecule has 140 valence electrons. The number of hydrogen-bond acceptors (Lipinski definition) is 5. The number of hydrogen-bond donors (Lipinski definition) is 2. The van der Waals surface area contributed by atoms with Crippen LogP contribution in [-0.2, 0) is 4.74 Å². The molecule has 5 nitrogen and oxygen atoms in total. The molecule has 2 aromatic carbocycles. The van der Waals surface area contributed by atoms with E-state index in [-0.39, 0.29) is 5.78 Å².